The molecule has 0 radical (unpaired) electrons. The number of carbonyl (C=O) groups is 1. The third-order valence-corrected chi connectivity index (χ3v) is 5.42. The van der Waals surface area contributed by atoms with E-state index < -0.39 is 16.0 Å². The summed E-state index contributed by atoms with van der Waals surface area (Å²) in [5, 5.41) is 19.1. The summed E-state index contributed by atoms with van der Waals surface area (Å²) in [7, 11) is -3.89. The third-order valence-electron chi connectivity index (χ3n) is 2.48. The van der Waals surface area contributed by atoms with Crippen LogP contribution in [0.3, 0.4) is 0 Å². The molecule has 0 atom stereocenters. The van der Waals surface area contributed by atoms with Crippen molar-refractivity contribution in [2.75, 3.05) is 13.1 Å². The number of nitrogens with zero attached hydrogens (tertiary/aromatic N) is 2. The third kappa shape index (κ3) is 3.79. The standard InChI is InChI=1S/C12H16N2O4S2/c1-9(2)8-14(6-3-5-13)20(17,18)10-4-7-19-11(10)12(15)16/h4,7,9H,3,6,8H2,1-2H3,(H,15,16). The lowest BCUT2D eigenvalue weighted by Crippen LogP contribution is -2.35. The lowest BCUT2D eigenvalue weighted by molar-refractivity contribution is 0.0698. The van der Waals surface area contributed by atoms with Crippen molar-refractivity contribution in [3.05, 3.63) is 16.3 Å². The molecule has 0 saturated heterocycles. The van der Waals surface area contributed by atoms with Crippen molar-refractivity contribution in [2.45, 2.75) is 25.2 Å². The minimum absolute atomic E-state index is 0.0614. The Labute approximate surface area is 122 Å². The average Bonchev–Trinajstić information content (AvgIpc) is 2.83. The Morgan fingerprint density at radius 2 is 2.20 bits per heavy atom. The SMILES string of the molecule is CC(C)CN(CCC#N)S(=O)(=O)c1ccsc1C(=O)O. The second-order valence-electron chi connectivity index (χ2n) is 4.58. The molecule has 0 unspecified atom stereocenters. The molecule has 0 saturated carbocycles. The van der Waals surface area contributed by atoms with Gasteiger partial charge in [0.1, 0.15) is 9.77 Å². The highest BCUT2D eigenvalue weighted by atomic mass is 32.2. The van der Waals surface area contributed by atoms with Crippen molar-refractivity contribution in [3.8, 4) is 6.07 Å². The minimum atomic E-state index is -3.89. The molecule has 1 aromatic heterocycles. The van der Waals surface area contributed by atoms with Crippen LogP contribution in [0, 0.1) is 17.2 Å². The summed E-state index contributed by atoms with van der Waals surface area (Å²) in [4.78, 5) is 10.7. The maximum absolute atomic E-state index is 12.5. The number of aromatic carboxylic acids is 1. The quantitative estimate of drug-likeness (QED) is 0.829. The molecule has 0 aliphatic carbocycles. The van der Waals surface area contributed by atoms with Crippen LogP contribution in [0.25, 0.3) is 0 Å². The number of carboxylic acid groups (broad SMARTS) is 1. The summed E-state index contributed by atoms with van der Waals surface area (Å²) < 4.78 is 26.2. The summed E-state index contributed by atoms with van der Waals surface area (Å²) >= 11 is 0.874. The Morgan fingerprint density at radius 1 is 1.55 bits per heavy atom. The molecule has 8 heteroatoms. The Bertz CT molecular complexity index is 614. The molecular formula is C12H16N2O4S2. The van der Waals surface area contributed by atoms with Gasteiger partial charge in [0, 0.05) is 19.5 Å². The molecule has 1 heterocycles. The summed E-state index contributed by atoms with van der Waals surface area (Å²) in [5.74, 6) is -1.18. The molecule has 0 aliphatic heterocycles. The van der Waals surface area contributed by atoms with Gasteiger partial charge in [-0.2, -0.15) is 9.57 Å². The monoisotopic (exact) mass is 316 g/mol. The molecule has 1 rings (SSSR count). The summed E-state index contributed by atoms with van der Waals surface area (Å²) in [6.45, 7) is 4.03. The van der Waals surface area contributed by atoms with E-state index in [1.807, 2.05) is 19.9 Å². The Hall–Kier alpha value is -1.43. The van der Waals surface area contributed by atoms with Crippen molar-refractivity contribution in [1.29, 1.82) is 5.26 Å². The largest absolute Gasteiger partial charge is 0.477 e. The highest BCUT2D eigenvalue weighted by molar-refractivity contribution is 7.89. The lowest BCUT2D eigenvalue weighted by atomic mass is 10.2. The zero-order chi connectivity index (χ0) is 15.3. The molecule has 0 fully saturated rings. The fraction of sp³-hybridized carbons (Fsp3) is 0.500. The number of carboxylic acids is 1. The van der Waals surface area contributed by atoms with Crippen molar-refractivity contribution in [3.63, 3.8) is 0 Å². The van der Waals surface area contributed by atoms with Gasteiger partial charge in [0.05, 0.1) is 6.07 Å². The fourth-order valence-electron chi connectivity index (χ4n) is 1.69. The molecule has 1 aromatic rings. The van der Waals surface area contributed by atoms with E-state index in [2.05, 4.69) is 0 Å². The molecule has 6 nitrogen and oxygen atoms in total. The van der Waals surface area contributed by atoms with Gasteiger partial charge in [-0.25, -0.2) is 13.2 Å². The zero-order valence-electron chi connectivity index (χ0n) is 11.2. The van der Waals surface area contributed by atoms with Crippen LogP contribution in [-0.4, -0.2) is 36.9 Å². The van der Waals surface area contributed by atoms with E-state index in [4.69, 9.17) is 10.4 Å². The van der Waals surface area contributed by atoms with Crippen LogP contribution in [-0.2, 0) is 10.0 Å². The van der Waals surface area contributed by atoms with Crippen LogP contribution in [0.5, 0.6) is 0 Å². The smallest absolute Gasteiger partial charge is 0.347 e. The number of sulfonamides is 1. The number of hydrogen-bond donors (Lipinski definition) is 1. The van der Waals surface area contributed by atoms with E-state index in [-0.39, 0.29) is 35.2 Å². The first kappa shape index (κ1) is 16.6. The summed E-state index contributed by atoms with van der Waals surface area (Å²) in [6, 6.07) is 3.20. The predicted octanol–water partition coefficient (Wildman–Crippen LogP) is 2.01. The number of hydrogen-bond acceptors (Lipinski definition) is 5. The minimum Gasteiger partial charge on any atom is -0.477 e. The fourth-order valence-corrected chi connectivity index (χ4v) is 4.52. The van der Waals surface area contributed by atoms with Gasteiger partial charge in [0.2, 0.25) is 10.0 Å². The molecule has 1 N–H and O–H groups in total. The van der Waals surface area contributed by atoms with Gasteiger partial charge < -0.3 is 5.11 Å². The van der Waals surface area contributed by atoms with E-state index >= 15 is 0 Å². The number of rotatable bonds is 7. The molecule has 0 amide bonds. The van der Waals surface area contributed by atoms with E-state index in [1.54, 1.807) is 0 Å². The number of nitriles is 1. The molecule has 0 bridgehead atoms. The second-order valence-corrected chi connectivity index (χ2v) is 7.41. The molecule has 20 heavy (non-hydrogen) atoms. The molecule has 110 valence electrons. The van der Waals surface area contributed by atoms with Gasteiger partial charge in [-0.15, -0.1) is 11.3 Å². The van der Waals surface area contributed by atoms with Crippen LogP contribution in [0.15, 0.2) is 16.3 Å². The topological polar surface area (TPSA) is 98.5 Å². The van der Waals surface area contributed by atoms with Crippen molar-refractivity contribution in [1.82, 2.24) is 4.31 Å². The van der Waals surface area contributed by atoms with E-state index in [9.17, 15) is 13.2 Å². The highest BCUT2D eigenvalue weighted by Crippen LogP contribution is 2.26. The van der Waals surface area contributed by atoms with E-state index in [0.717, 1.165) is 11.3 Å². The molecule has 0 aromatic carbocycles. The van der Waals surface area contributed by atoms with Crippen molar-refractivity contribution >= 4 is 27.3 Å². The maximum atomic E-state index is 12.5. The Morgan fingerprint density at radius 3 is 2.70 bits per heavy atom. The Kier molecular flexibility index (Phi) is 5.68. The molecule has 0 aliphatic rings. The normalized spacial score (nSPS) is 11.8. The zero-order valence-corrected chi connectivity index (χ0v) is 12.9. The van der Waals surface area contributed by atoms with E-state index in [1.165, 1.54) is 15.8 Å². The van der Waals surface area contributed by atoms with Crippen molar-refractivity contribution in [2.24, 2.45) is 5.92 Å². The first-order chi connectivity index (χ1) is 9.30. The molecule has 0 spiro atoms. The number of thiophene rings is 1. The molecular weight excluding hydrogens is 300 g/mol. The van der Waals surface area contributed by atoms with Crippen LogP contribution in [0.2, 0.25) is 0 Å². The van der Waals surface area contributed by atoms with Gasteiger partial charge in [-0.1, -0.05) is 13.8 Å². The highest BCUT2D eigenvalue weighted by Gasteiger charge is 2.30. The summed E-state index contributed by atoms with van der Waals surface area (Å²) in [5.41, 5.74) is 0. The van der Waals surface area contributed by atoms with Gasteiger partial charge in [0.25, 0.3) is 0 Å². The first-order valence-corrected chi connectivity index (χ1v) is 8.30. The van der Waals surface area contributed by atoms with E-state index in [0.29, 0.717) is 0 Å². The van der Waals surface area contributed by atoms with Crippen LogP contribution < -0.4 is 0 Å². The maximum Gasteiger partial charge on any atom is 0.347 e. The Balaban J connectivity index is 3.18. The van der Waals surface area contributed by atoms with Gasteiger partial charge in [-0.05, 0) is 17.4 Å². The van der Waals surface area contributed by atoms with Crippen LogP contribution in [0.1, 0.15) is 29.9 Å². The predicted molar refractivity (Wildman–Crippen MR) is 75.1 cm³/mol. The van der Waals surface area contributed by atoms with Gasteiger partial charge in [0.15, 0.2) is 0 Å². The van der Waals surface area contributed by atoms with Gasteiger partial charge in [-0.3, -0.25) is 0 Å². The summed E-state index contributed by atoms with van der Waals surface area (Å²) in [6.07, 6.45) is 0.0679. The van der Waals surface area contributed by atoms with Crippen LogP contribution >= 0.6 is 11.3 Å². The first-order valence-electron chi connectivity index (χ1n) is 5.98. The van der Waals surface area contributed by atoms with Crippen molar-refractivity contribution < 1.29 is 18.3 Å². The van der Waals surface area contributed by atoms with Crippen LogP contribution in [0.4, 0.5) is 0 Å². The average molecular weight is 316 g/mol. The second kappa shape index (κ2) is 6.83. The lowest BCUT2D eigenvalue weighted by Gasteiger charge is -2.22. The van der Waals surface area contributed by atoms with Gasteiger partial charge >= 0.3 is 5.97 Å².